The molecule has 3 amide bonds. The molecule has 0 saturated heterocycles. The fourth-order valence-electron chi connectivity index (χ4n) is 3.67. The highest BCUT2D eigenvalue weighted by molar-refractivity contribution is 6.25. The molecule has 2 heterocycles. The second kappa shape index (κ2) is 8.36. The maximum Gasteiger partial charge on any atom is 0.261 e. The molecule has 30 heavy (non-hydrogen) atoms. The lowest BCUT2D eigenvalue weighted by molar-refractivity contribution is -0.121. The first kappa shape index (κ1) is 19.6. The normalized spacial score (nSPS) is 13.0. The van der Waals surface area contributed by atoms with Gasteiger partial charge in [-0.2, -0.15) is 5.10 Å². The van der Waals surface area contributed by atoms with Crippen molar-refractivity contribution in [1.82, 2.24) is 20.0 Å². The van der Waals surface area contributed by atoms with Gasteiger partial charge in [0, 0.05) is 61.9 Å². The largest absolute Gasteiger partial charge is 0.367 e. The summed E-state index contributed by atoms with van der Waals surface area (Å²) in [5, 5.41) is 11.7. The molecule has 0 unspecified atom stereocenters. The number of rotatable bonds is 8. The van der Waals surface area contributed by atoms with E-state index in [1.807, 2.05) is 43.6 Å². The van der Waals surface area contributed by atoms with Crippen molar-refractivity contribution in [3.05, 3.63) is 59.8 Å². The van der Waals surface area contributed by atoms with E-state index in [0.717, 1.165) is 11.2 Å². The Balaban J connectivity index is 1.27. The minimum absolute atomic E-state index is 0.114. The SMILES string of the molecule is Cn1ccc(NCCNC(=O)CCCN2C(=O)c3cccc4cccc(c34)C2=O)n1. The first-order valence-electron chi connectivity index (χ1n) is 9.93. The number of anilines is 1. The molecule has 8 heteroatoms. The summed E-state index contributed by atoms with van der Waals surface area (Å²) in [7, 11) is 1.84. The van der Waals surface area contributed by atoms with E-state index >= 15 is 0 Å². The molecule has 0 atom stereocenters. The van der Waals surface area contributed by atoms with Crippen molar-refractivity contribution in [3.8, 4) is 0 Å². The highest BCUT2D eigenvalue weighted by Gasteiger charge is 2.32. The van der Waals surface area contributed by atoms with Crippen molar-refractivity contribution >= 4 is 34.3 Å². The summed E-state index contributed by atoms with van der Waals surface area (Å²) < 4.78 is 1.70. The van der Waals surface area contributed by atoms with Gasteiger partial charge in [0.2, 0.25) is 5.91 Å². The summed E-state index contributed by atoms with van der Waals surface area (Å²) in [6, 6.07) is 12.8. The summed E-state index contributed by atoms with van der Waals surface area (Å²) >= 11 is 0. The van der Waals surface area contributed by atoms with E-state index in [9.17, 15) is 14.4 Å². The number of benzene rings is 2. The summed E-state index contributed by atoms with van der Waals surface area (Å²) in [5.41, 5.74) is 1.07. The van der Waals surface area contributed by atoms with Gasteiger partial charge in [0.1, 0.15) is 5.82 Å². The van der Waals surface area contributed by atoms with Crippen molar-refractivity contribution in [3.63, 3.8) is 0 Å². The molecule has 2 aromatic carbocycles. The number of carbonyl (C=O) groups is 3. The van der Waals surface area contributed by atoms with Crippen LogP contribution in [0.1, 0.15) is 33.6 Å². The standard InChI is InChI=1S/C22H23N5O3/c1-26-14-10-18(25-26)23-11-12-24-19(28)9-4-13-27-21(29)16-7-2-5-15-6-3-8-17(20(15)16)22(27)30/h2-3,5-8,10,14H,4,9,11-13H2,1H3,(H,23,25)(H,24,28). The van der Waals surface area contributed by atoms with Crippen LogP contribution >= 0.6 is 0 Å². The molecule has 0 spiro atoms. The second-order valence-corrected chi connectivity index (χ2v) is 7.23. The van der Waals surface area contributed by atoms with E-state index in [-0.39, 0.29) is 30.7 Å². The molecule has 0 fully saturated rings. The molecule has 0 bridgehead atoms. The van der Waals surface area contributed by atoms with E-state index in [1.54, 1.807) is 16.8 Å². The predicted octanol–water partition coefficient (Wildman–Crippen LogP) is 2.18. The molecule has 1 aromatic heterocycles. The Labute approximate surface area is 173 Å². The smallest absolute Gasteiger partial charge is 0.261 e. The molecule has 3 aromatic rings. The fourth-order valence-corrected chi connectivity index (χ4v) is 3.67. The van der Waals surface area contributed by atoms with Crippen LogP contribution < -0.4 is 10.6 Å². The monoisotopic (exact) mass is 405 g/mol. The van der Waals surface area contributed by atoms with E-state index < -0.39 is 0 Å². The lowest BCUT2D eigenvalue weighted by Crippen LogP contribution is -2.41. The highest BCUT2D eigenvalue weighted by Crippen LogP contribution is 2.29. The molecule has 0 saturated carbocycles. The van der Waals surface area contributed by atoms with Gasteiger partial charge < -0.3 is 10.6 Å². The Hall–Kier alpha value is -3.68. The van der Waals surface area contributed by atoms with Gasteiger partial charge in [-0.05, 0) is 23.9 Å². The van der Waals surface area contributed by atoms with Crippen LogP contribution in [-0.4, -0.2) is 52.0 Å². The molecule has 2 N–H and O–H groups in total. The number of nitrogens with one attached hydrogen (secondary N) is 2. The number of aromatic nitrogens is 2. The van der Waals surface area contributed by atoms with E-state index in [0.29, 0.717) is 36.0 Å². The molecule has 154 valence electrons. The first-order chi connectivity index (χ1) is 14.5. The average molecular weight is 405 g/mol. The number of carbonyl (C=O) groups excluding carboxylic acids is 3. The van der Waals surface area contributed by atoms with Crippen molar-refractivity contribution in [1.29, 1.82) is 0 Å². The third-order valence-corrected chi connectivity index (χ3v) is 5.11. The highest BCUT2D eigenvalue weighted by atomic mass is 16.2. The van der Waals surface area contributed by atoms with Crippen LogP contribution in [0.2, 0.25) is 0 Å². The summed E-state index contributed by atoms with van der Waals surface area (Å²) in [5.74, 6) is 0.0370. The lowest BCUT2D eigenvalue weighted by Gasteiger charge is -2.27. The van der Waals surface area contributed by atoms with Crippen LogP contribution in [0.25, 0.3) is 10.8 Å². The van der Waals surface area contributed by atoms with E-state index in [4.69, 9.17) is 0 Å². The second-order valence-electron chi connectivity index (χ2n) is 7.23. The van der Waals surface area contributed by atoms with Gasteiger partial charge in [0.25, 0.3) is 11.8 Å². The third kappa shape index (κ3) is 3.89. The number of hydrogen-bond acceptors (Lipinski definition) is 5. The predicted molar refractivity (Wildman–Crippen MR) is 113 cm³/mol. The molecule has 0 radical (unpaired) electrons. The Bertz CT molecular complexity index is 1070. The van der Waals surface area contributed by atoms with E-state index in [1.165, 1.54) is 4.90 Å². The van der Waals surface area contributed by atoms with Crippen LogP contribution in [0, 0.1) is 0 Å². The zero-order chi connectivity index (χ0) is 21.1. The van der Waals surface area contributed by atoms with Gasteiger partial charge in [-0.1, -0.05) is 24.3 Å². The molecule has 1 aliphatic rings. The number of aryl methyl sites for hydroxylation is 1. The number of nitrogens with zero attached hydrogens (tertiary/aromatic N) is 3. The molecule has 4 rings (SSSR count). The Kier molecular flexibility index (Phi) is 5.47. The zero-order valence-corrected chi connectivity index (χ0v) is 16.7. The zero-order valence-electron chi connectivity index (χ0n) is 16.7. The maximum absolute atomic E-state index is 12.8. The van der Waals surface area contributed by atoms with Crippen molar-refractivity contribution in [2.45, 2.75) is 12.8 Å². The molecule has 1 aliphatic heterocycles. The lowest BCUT2D eigenvalue weighted by atomic mass is 9.94. The van der Waals surface area contributed by atoms with Crippen LogP contribution in [0.5, 0.6) is 0 Å². The van der Waals surface area contributed by atoms with Crippen LogP contribution in [0.15, 0.2) is 48.7 Å². The summed E-state index contributed by atoms with van der Waals surface area (Å²) in [6.45, 7) is 1.24. The van der Waals surface area contributed by atoms with Gasteiger partial charge >= 0.3 is 0 Å². The Morgan fingerprint density at radius 2 is 1.70 bits per heavy atom. The van der Waals surface area contributed by atoms with Crippen LogP contribution in [-0.2, 0) is 11.8 Å². The Morgan fingerprint density at radius 1 is 1.00 bits per heavy atom. The van der Waals surface area contributed by atoms with E-state index in [2.05, 4.69) is 15.7 Å². The average Bonchev–Trinajstić information content (AvgIpc) is 3.16. The topological polar surface area (TPSA) is 96.3 Å². The van der Waals surface area contributed by atoms with Gasteiger partial charge in [-0.25, -0.2) is 0 Å². The van der Waals surface area contributed by atoms with Crippen molar-refractivity contribution < 1.29 is 14.4 Å². The van der Waals surface area contributed by atoms with Crippen LogP contribution in [0.3, 0.4) is 0 Å². The molecular weight excluding hydrogens is 382 g/mol. The minimum Gasteiger partial charge on any atom is -0.367 e. The first-order valence-corrected chi connectivity index (χ1v) is 9.93. The number of imide groups is 1. The Morgan fingerprint density at radius 3 is 2.33 bits per heavy atom. The maximum atomic E-state index is 12.8. The van der Waals surface area contributed by atoms with Gasteiger partial charge in [-0.15, -0.1) is 0 Å². The third-order valence-electron chi connectivity index (χ3n) is 5.11. The van der Waals surface area contributed by atoms with Gasteiger partial charge in [0.05, 0.1) is 0 Å². The van der Waals surface area contributed by atoms with Crippen LogP contribution in [0.4, 0.5) is 5.82 Å². The van der Waals surface area contributed by atoms with Crippen molar-refractivity contribution in [2.75, 3.05) is 25.0 Å². The molecule has 0 aliphatic carbocycles. The molecular formula is C22H23N5O3. The minimum atomic E-state index is -0.302. The summed E-state index contributed by atoms with van der Waals surface area (Å²) in [6.07, 6.45) is 2.49. The fraction of sp³-hybridized carbons (Fsp3) is 0.273. The van der Waals surface area contributed by atoms with Crippen molar-refractivity contribution in [2.24, 2.45) is 7.05 Å². The number of hydrogen-bond donors (Lipinski definition) is 2. The number of amides is 3. The van der Waals surface area contributed by atoms with Gasteiger partial charge in [-0.3, -0.25) is 24.0 Å². The summed E-state index contributed by atoms with van der Waals surface area (Å²) in [4.78, 5) is 39.0. The van der Waals surface area contributed by atoms with Gasteiger partial charge in [0.15, 0.2) is 0 Å². The molecule has 8 nitrogen and oxygen atoms in total. The quantitative estimate of drug-likeness (QED) is 0.442.